The molecule has 1 aliphatic heterocycles. The third kappa shape index (κ3) is 5.21. The molecule has 1 aliphatic carbocycles. The number of nitrogens with one attached hydrogen (secondary N) is 2. The second-order valence-corrected chi connectivity index (χ2v) is 9.46. The van der Waals surface area contributed by atoms with Gasteiger partial charge in [-0.1, -0.05) is 6.58 Å². The van der Waals surface area contributed by atoms with Gasteiger partial charge in [0.2, 0.25) is 0 Å². The van der Waals surface area contributed by atoms with Crippen LogP contribution in [-0.4, -0.2) is 52.0 Å². The molecule has 7 heteroatoms. The van der Waals surface area contributed by atoms with Gasteiger partial charge < -0.3 is 30.6 Å². The fraction of sp³-hybridized carbons (Fsp3) is 0.571. The predicted molar refractivity (Wildman–Crippen MR) is 117 cm³/mol. The van der Waals surface area contributed by atoms with Crippen molar-refractivity contribution in [3.8, 4) is 0 Å². The van der Waals surface area contributed by atoms with Gasteiger partial charge in [0.05, 0.1) is 19.5 Å². The SMILES string of the molecule is C=C(/C=C(\C(C)=C(/C)N/C(N)=C/C(C)=N)C1([S+](C)[O-])CC1)N1CCOCC1C. The van der Waals surface area contributed by atoms with Crippen molar-refractivity contribution >= 4 is 16.9 Å². The van der Waals surface area contributed by atoms with Crippen LogP contribution in [-0.2, 0) is 15.9 Å². The molecular weight excluding hydrogens is 372 g/mol. The lowest BCUT2D eigenvalue weighted by Gasteiger charge is -2.36. The first kappa shape index (κ1) is 22.6. The molecule has 1 heterocycles. The predicted octanol–water partition coefficient (Wildman–Crippen LogP) is 2.78. The van der Waals surface area contributed by atoms with Gasteiger partial charge in [0.15, 0.2) is 4.75 Å². The monoisotopic (exact) mass is 406 g/mol. The van der Waals surface area contributed by atoms with Crippen molar-refractivity contribution in [1.82, 2.24) is 10.2 Å². The van der Waals surface area contributed by atoms with E-state index in [9.17, 15) is 4.55 Å². The Labute approximate surface area is 172 Å². The lowest BCUT2D eigenvalue weighted by Crippen LogP contribution is -2.42. The second-order valence-electron chi connectivity index (χ2n) is 7.77. The Morgan fingerprint density at radius 1 is 1.36 bits per heavy atom. The molecule has 156 valence electrons. The third-order valence-electron chi connectivity index (χ3n) is 5.46. The first-order valence-electron chi connectivity index (χ1n) is 9.64. The minimum atomic E-state index is -0.978. The van der Waals surface area contributed by atoms with Crippen LogP contribution in [0.25, 0.3) is 0 Å². The van der Waals surface area contributed by atoms with Crippen LogP contribution in [0.2, 0.25) is 0 Å². The summed E-state index contributed by atoms with van der Waals surface area (Å²) >= 11 is -0.978. The van der Waals surface area contributed by atoms with E-state index < -0.39 is 11.2 Å². The molecule has 0 amide bonds. The minimum absolute atomic E-state index is 0.263. The minimum Gasteiger partial charge on any atom is -0.616 e. The summed E-state index contributed by atoms with van der Waals surface area (Å²) in [6.45, 7) is 14.3. The van der Waals surface area contributed by atoms with Crippen molar-refractivity contribution in [3.05, 3.63) is 47.1 Å². The summed E-state index contributed by atoms with van der Waals surface area (Å²) in [4.78, 5) is 2.25. The van der Waals surface area contributed by atoms with Crippen molar-refractivity contribution in [3.63, 3.8) is 0 Å². The van der Waals surface area contributed by atoms with Gasteiger partial charge in [-0.25, -0.2) is 0 Å². The van der Waals surface area contributed by atoms with Crippen LogP contribution in [0.4, 0.5) is 0 Å². The van der Waals surface area contributed by atoms with Gasteiger partial charge in [-0.2, -0.15) is 0 Å². The molecule has 4 N–H and O–H groups in total. The van der Waals surface area contributed by atoms with Crippen molar-refractivity contribution in [2.45, 2.75) is 51.3 Å². The highest BCUT2D eigenvalue weighted by Crippen LogP contribution is 2.52. The van der Waals surface area contributed by atoms with E-state index >= 15 is 0 Å². The van der Waals surface area contributed by atoms with Gasteiger partial charge in [-0.3, -0.25) is 0 Å². The average molecular weight is 407 g/mol. The molecule has 1 saturated carbocycles. The van der Waals surface area contributed by atoms with Crippen LogP contribution in [0.5, 0.6) is 0 Å². The third-order valence-corrected chi connectivity index (χ3v) is 7.19. The van der Waals surface area contributed by atoms with Crippen LogP contribution in [0.1, 0.15) is 40.5 Å². The van der Waals surface area contributed by atoms with E-state index in [1.165, 1.54) is 0 Å². The summed E-state index contributed by atoms with van der Waals surface area (Å²) in [7, 11) is 0. The standard InChI is InChI=1S/C21H34N4O2S/c1-14(22)11-20(23)24-18(5)17(4)19(21(7-8-21)28(6)26)12-15(2)25-9-10-27-13-16(25)3/h11-12,16,22,24H,2,7-10,13,23H2,1,3-6H3/b18-17+,19-12+,20-11+,22-14?. The molecule has 2 unspecified atom stereocenters. The van der Waals surface area contributed by atoms with Gasteiger partial charge in [-0.05, 0) is 56.6 Å². The molecular formula is C21H34N4O2S. The number of morpholine rings is 1. The quantitative estimate of drug-likeness (QED) is 0.327. The fourth-order valence-corrected chi connectivity index (χ4v) is 4.79. The van der Waals surface area contributed by atoms with E-state index in [0.29, 0.717) is 24.7 Å². The molecule has 2 fully saturated rings. The molecule has 0 aromatic carbocycles. The van der Waals surface area contributed by atoms with Gasteiger partial charge >= 0.3 is 0 Å². The summed E-state index contributed by atoms with van der Waals surface area (Å²) in [6.07, 6.45) is 7.27. The Morgan fingerprint density at radius 3 is 2.50 bits per heavy atom. The van der Waals surface area contributed by atoms with E-state index in [1.807, 2.05) is 13.8 Å². The molecule has 0 aromatic heterocycles. The number of hydrogen-bond acceptors (Lipinski definition) is 6. The number of hydrogen-bond donors (Lipinski definition) is 3. The van der Waals surface area contributed by atoms with Gasteiger partial charge in [0.1, 0.15) is 5.82 Å². The maximum atomic E-state index is 12.6. The molecule has 2 atom stereocenters. The smallest absolute Gasteiger partial charge is 0.151 e. The number of ether oxygens (including phenoxy) is 1. The highest BCUT2D eigenvalue weighted by atomic mass is 32.2. The van der Waals surface area contributed by atoms with Gasteiger partial charge in [0, 0.05) is 48.1 Å². The summed E-state index contributed by atoms with van der Waals surface area (Å²) < 4.78 is 17.8. The Hall–Kier alpha value is -1.70. The molecule has 0 radical (unpaired) electrons. The Bertz CT molecular complexity index is 720. The summed E-state index contributed by atoms with van der Waals surface area (Å²) in [5.74, 6) is 0.423. The molecule has 0 bridgehead atoms. The zero-order chi connectivity index (χ0) is 21.1. The summed E-state index contributed by atoms with van der Waals surface area (Å²) in [6, 6.07) is 0.263. The number of allylic oxidation sites excluding steroid dienone is 4. The number of nitrogens with zero attached hydrogens (tertiary/aromatic N) is 1. The van der Waals surface area contributed by atoms with E-state index in [4.69, 9.17) is 15.9 Å². The molecule has 1 saturated heterocycles. The molecule has 0 spiro atoms. The highest BCUT2D eigenvalue weighted by Gasteiger charge is 2.56. The van der Waals surface area contributed by atoms with Crippen LogP contribution in [0, 0.1) is 5.41 Å². The molecule has 2 aliphatic rings. The van der Waals surface area contributed by atoms with Crippen molar-refractivity contribution in [2.75, 3.05) is 26.0 Å². The fourth-order valence-electron chi connectivity index (χ4n) is 3.59. The van der Waals surface area contributed by atoms with Crippen molar-refractivity contribution < 1.29 is 9.29 Å². The van der Waals surface area contributed by atoms with Crippen LogP contribution < -0.4 is 11.1 Å². The normalized spacial score (nSPS) is 24.4. The molecule has 0 aromatic rings. The molecule has 6 nitrogen and oxygen atoms in total. The Balaban J connectivity index is 2.38. The Kier molecular flexibility index (Phi) is 7.42. The topological polar surface area (TPSA) is 97.4 Å². The number of nitrogens with two attached hydrogens (primary N) is 1. The van der Waals surface area contributed by atoms with Crippen LogP contribution in [0.15, 0.2) is 47.1 Å². The second kappa shape index (κ2) is 9.20. The van der Waals surface area contributed by atoms with E-state index in [0.717, 1.165) is 41.9 Å². The first-order valence-corrected chi connectivity index (χ1v) is 11.2. The first-order chi connectivity index (χ1) is 13.1. The Morgan fingerprint density at radius 2 is 2.00 bits per heavy atom. The lowest BCUT2D eigenvalue weighted by molar-refractivity contribution is 0.0190. The van der Waals surface area contributed by atoms with Gasteiger partial charge in [0.25, 0.3) is 0 Å². The maximum Gasteiger partial charge on any atom is 0.151 e. The summed E-state index contributed by atoms with van der Waals surface area (Å²) in [5.41, 5.74) is 10.3. The van der Waals surface area contributed by atoms with Crippen LogP contribution in [0.3, 0.4) is 0 Å². The maximum absolute atomic E-state index is 12.6. The molecule has 2 rings (SSSR count). The zero-order valence-electron chi connectivity index (χ0n) is 17.7. The van der Waals surface area contributed by atoms with E-state index in [2.05, 4.69) is 29.8 Å². The van der Waals surface area contributed by atoms with Gasteiger partial charge in [-0.15, -0.1) is 0 Å². The van der Waals surface area contributed by atoms with Crippen LogP contribution >= 0.6 is 0 Å². The van der Waals surface area contributed by atoms with E-state index in [-0.39, 0.29) is 10.8 Å². The van der Waals surface area contributed by atoms with Crippen molar-refractivity contribution in [1.29, 1.82) is 5.41 Å². The zero-order valence-corrected chi connectivity index (χ0v) is 18.5. The lowest BCUT2D eigenvalue weighted by atomic mass is 9.98. The summed E-state index contributed by atoms with van der Waals surface area (Å²) in [5, 5.41) is 10.7. The largest absolute Gasteiger partial charge is 0.616 e. The molecule has 28 heavy (non-hydrogen) atoms. The number of rotatable bonds is 8. The van der Waals surface area contributed by atoms with E-state index in [1.54, 1.807) is 19.3 Å². The van der Waals surface area contributed by atoms with Crippen molar-refractivity contribution in [2.24, 2.45) is 5.73 Å². The highest BCUT2D eigenvalue weighted by molar-refractivity contribution is 7.92. The average Bonchev–Trinajstić information content (AvgIpc) is 3.40.